The van der Waals surface area contributed by atoms with Gasteiger partial charge in [0.1, 0.15) is 23.0 Å². The molecule has 1 spiro atoms. The van der Waals surface area contributed by atoms with Crippen LogP contribution < -0.4 is 0 Å². The number of hydrogen-bond donors (Lipinski definition) is 0. The number of piperidine rings is 1. The summed E-state index contributed by atoms with van der Waals surface area (Å²) in [6.45, 7) is 9.19. The van der Waals surface area contributed by atoms with Gasteiger partial charge in [-0.1, -0.05) is 6.07 Å². The van der Waals surface area contributed by atoms with Crippen LogP contribution in [0.4, 0.5) is 18.0 Å². The summed E-state index contributed by atoms with van der Waals surface area (Å²) in [5, 5.41) is 9.57. The molecule has 1 amide bonds. The summed E-state index contributed by atoms with van der Waals surface area (Å²) < 4.78 is 51.6. The minimum absolute atomic E-state index is 0.217. The number of rotatable bonds is 1. The van der Waals surface area contributed by atoms with Gasteiger partial charge in [0.25, 0.3) is 0 Å². The Hall–Kier alpha value is -2.34. The second kappa shape index (κ2) is 7.12. The van der Waals surface area contributed by atoms with Crippen LogP contribution in [-0.2, 0) is 21.3 Å². The number of hydrogen-bond acceptors (Lipinski definition) is 5. The highest BCUT2D eigenvalue weighted by Gasteiger charge is 2.53. The Kier molecular flexibility index (Phi) is 5.30. The van der Waals surface area contributed by atoms with Crippen molar-refractivity contribution in [1.82, 2.24) is 9.88 Å². The van der Waals surface area contributed by atoms with Crippen molar-refractivity contribution in [3.05, 3.63) is 29.1 Å². The van der Waals surface area contributed by atoms with Crippen LogP contribution in [-0.4, -0.2) is 34.7 Å². The van der Waals surface area contributed by atoms with Crippen molar-refractivity contribution < 1.29 is 27.4 Å². The topological polar surface area (TPSA) is 75.4 Å². The molecule has 1 atom stereocenters. The molecule has 30 heavy (non-hydrogen) atoms. The highest BCUT2D eigenvalue weighted by atomic mass is 19.4. The number of halogens is 3. The number of pyridine rings is 1. The van der Waals surface area contributed by atoms with E-state index in [-0.39, 0.29) is 31.6 Å². The summed E-state index contributed by atoms with van der Waals surface area (Å²) >= 11 is 0. The van der Waals surface area contributed by atoms with Gasteiger partial charge in [-0.2, -0.15) is 18.4 Å². The minimum atomic E-state index is -4.59. The van der Waals surface area contributed by atoms with Crippen LogP contribution in [0.15, 0.2) is 12.1 Å². The van der Waals surface area contributed by atoms with E-state index in [1.165, 1.54) is 11.0 Å². The van der Waals surface area contributed by atoms with E-state index in [0.29, 0.717) is 5.56 Å². The fourth-order valence-electron chi connectivity index (χ4n) is 3.88. The Morgan fingerprint density at radius 3 is 2.33 bits per heavy atom. The van der Waals surface area contributed by atoms with Gasteiger partial charge < -0.3 is 14.4 Å². The molecule has 3 rings (SSSR count). The van der Waals surface area contributed by atoms with Crippen molar-refractivity contribution in [2.75, 3.05) is 13.1 Å². The Morgan fingerprint density at radius 2 is 1.83 bits per heavy atom. The summed E-state index contributed by atoms with van der Waals surface area (Å²) in [7, 11) is 0. The molecule has 2 aliphatic heterocycles. The van der Waals surface area contributed by atoms with Crippen molar-refractivity contribution >= 4 is 6.09 Å². The number of amides is 1. The molecule has 0 aromatic carbocycles. The maximum absolute atomic E-state index is 13.3. The van der Waals surface area contributed by atoms with Crippen molar-refractivity contribution in [3.63, 3.8) is 0 Å². The lowest BCUT2D eigenvalue weighted by Gasteiger charge is -2.40. The Balaban J connectivity index is 1.94. The van der Waals surface area contributed by atoms with Crippen LogP contribution in [0.5, 0.6) is 0 Å². The largest absolute Gasteiger partial charge is 0.444 e. The molecular formula is C21H26F3N3O3. The summed E-state index contributed by atoms with van der Waals surface area (Å²) in [5.74, 6) is 0. The number of nitrogens with zero attached hydrogens (tertiary/aromatic N) is 3. The van der Waals surface area contributed by atoms with Gasteiger partial charge in [0, 0.05) is 18.7 Å². The zero-order valence-corrected chi connectivity index (χ0v) is 17.8. The van der Waals surface area contributed by atoms with E-state index in [0.717, 1.165) is 6.07 Å². The van der Waals surface area contributed by atoms with E-state index in [1.807, 2.05) is 0 Å². The summed E-state index contributed by atoms with van der Waals surface area (Å²) in [6, 6.07) is 4.48. The van der Waals surface area contributed by atoms with Gasteiger partial charge in [-0.15, -0.1) is 0 Å². The van der Waals surface area contributed by atoms with Gasteiger partial charge in [0.15, 0.2) is 0 Å². The van der Waals surface area contributed by atoms with Gasteiger partial charge >= 0.3 is 12.3 Å². The van der Waals surface area contributed by atoms with E-state index in [4.69, 9.17) is 9.47 Å². The normalized spacial score (nSPS) is 21.3. The van der Waals surface area contributed by atoms with Crippen LogP contribution in [0.3, 0.4) is 0 Å². The minimum Gasteiger partial charge on any atom is -0.444 e. The third kappa shape index (κ3) is 4.10. The highest BCUT2D eigenvalue weighted by molar-refractivity contribution is 5.68. The Bertz CT molecular complexity index is 876. The first kappa shape index (κ1) is 22.3. The molecule has 0 bridgehead atoms. The fraction of sp³-hybridized carbons (Fsp3) is 0.667. The van der Waals surface area contributed by atoms with Gasteiger partial charge in [-0.05, 0) is 53.5 Å². The predicted molar refractivity (Wildman–Crippen MR) is 101 cm³/mol. The van der Waals surface area contributed by atoms with E-state index in [9.17, 15) is 23.2 Å². The van der Waals surface area contributed by atoms with Crippen molar-refractivity contribution in [2.45, 2.75) is 70.9 Å². The van der Waals surface area contributed by atoms with Crippen LogP contribution in [0.2, 0.25) is 0 Å². The molecule has 0 radical (unpaired) electrons. The number of ether oxygens (including phenoxy) is 2. The number of nitriles is 1. The number of alkyl halides is 3. The molecule has 0 unspecified atom stereocenters. The van der Waals surface area contributed by atoms with Crippen molar-refractivity contribution in [1.29, 1.82) is 5.26 Å². The zero-order valence-electron chi connectivity index (χ0n) is 17.8. The summed E-state index contributed by atoms with van der Waals surface area (Å²) in [4.78, 5) is 17.8. The molecule has 0 aliphatic carbocycles. The van der Waals surface area contributed by atoms with Gasteiger partial charge in [0.05, 0.1) is 17.2 Å². The maximum Gasteiger partial charge on any atom is 0.433 e. The third-order valence-corrected chi connectivity index (χ3v) is 5.44. The lowest BCUT2D eigenvalue weighted by atomic mass is 9.82. The highest BCUT2D eigenvalue weighted by Crippen LogP contribution is 2.54. The van der Waals surface area contributed by atoms with E-state index < -0.39 is 40.7 Å². The SMILES string of the molecule is CC(C)(C)OC(=O)N1CCC2(CC1)O[C@@H](C(C)(C)C#N)c1ccc(C(F)(F)F)nc12. The molecule has 2 aliphatic rings. The average Bonchev–Trinajstić information content (AvgIpc) is 2.95. The quantitative estimate of drug-likeness (QED) is 0.637. The number of likely N-dealkylation sites (tertiary alicyclic amines) is 1. The second-order valence-corrected chi connectivity index (χ2v) is 9.43. The Labute approximate surface area is 174 Å². The van der Waals surface area contributed by atoms with Crippen LogP contribution in [0, 0.1) is 16.7 Å². The number of carbonyl (C=O) groups is 1. The molecule has 3 heterocycles. The number of carbonyl (C=O) groups excluding carboxylic acids is 1. The van der Waals surface area contributed by atoms with E-state index in [2.05, 4.69) is 11.1 Å². The van der Waals surface area contributed by atoms with Gasteiger partial charge in [-0.3, -0.25) is 0 Å². The first-order valence-corrected chi connectivity index (χ1v) is 9.84. The monoisotopic (exact) mass is 425 g/mol. The molecule has 6 nitrogen and oxygen atoms in total. The summed E-state index contributed by atoms with van der Waals surface area (Å²) in [5.41, 5.74) is -2.95. The first-order valence-electron chi connectivity index (χ1n) is 9.84. The number of aromatic nitrogens is 1. The number of fused-ring (bicyclic) bond motifs is 2. The standard InChI is InChI=1S/C21H26F3N3O3/c1-18(2,3)30-17(28)27-10-8-20(9-11-27)15-13(16(29-20)19(4,5)12-25)6-7-14(26-15)21(22,23)24/h6-7,16H,8-11H2,1-5H3/t16-/m1/s1. The second-order valence-electron chi connectivity index (χ2n) is 9.43. The molecule has 0 N–H and O–H groups in total. The molecule has 164 valence electrons. The molecule has 1 saturated heterocycles. The van der Waals surface area contributed by atoms with Crippen LogP contribution in [0.1, 0.15) is 70.5 Å². The third-order valence-electron chi connectivity index (χ3n) is 5.44. The van der Waals surface area contributed by atoms with Crippen molar-refractivity contribution in [2.24, 2.45) is 5.41 Å². The lowest BCUT2D eigenvalue weighted by molar-refractivity contribution is -0.143. The fourth-order valence-corrected chi connectivity index (χ4v) is 3.88. The van der Waals surface area contributed by atoms with Crippen LogP contribution in [0.25, 0.3) is 0 Å². The van der Waals surface area contributed by atoms with Crippen LogP contribution >= 0.6 is 0 Å². The molecule has 1 aromatic rings. The maximum atomic E-state index is 13.3. The molecule has 1 aromatic heterocycles. The molecule has 0 saturated carbocycles. The smallest absolute Gasteiger partial charge is 0.433 e. The van der Waals surface area contributed by atoms with E-state index >= 15 is 0 Å². The molecule has 9 heteroatoms. The lowest BCUT2D eigenvalue weighted by Crippen LogP contribution is -2.47. The van der Waals surface area contributed by atoms with Gasteiger partial charge in [-0.25, -0.2) is 9.78 Å². The van der Waals surface area contributed by atoms with Gasteiger partial charge in [0.2, 0.25) is 0 Å². The Morgan fingerprint density at radius 1 is 1.23 bits per heavy atom. The zero-order chi connectivity index (χ0) is 22.5. The predicted octanol–water partition coefficient (Wildman–Crippen LogP) is 4.95. The molecular weight excluding hydrogens is 399 g/mol. The summed E-state index contributed by atoms with van der Waals surface area (Å²) in [6.07, 6.45) is -5.23. The van der Waals surface area contributed by atoms with E-state index in [1.54, 1.807) is 34.6 Å². The average molecular weight is 425 g/mol. The van der Waals surface area contributed by atoms with Crippen molar-refractivity contribution in [3.8, 4) is 6.07 Å². The first-order chi connectivity index (χ1) is 13.7. The molecule has 1 fully saturated rings.